The normalized spacial score (nSPS) is 15.6. The third-order valence-electron chi connectivity index (χ3n) is 7.01. The second-order valence-electron chi connectivity index (χ2n) is 12.4. The van der Waals surface area contributed by atoms with Crippen molar-refractivity contribution in [2.45, 2.75) is 77.4 Å². The first kappa shape index (κ1) is 33.2. The van der Waals surface area contributed by atoms with E-state index in [1.54, 1.807) is 65.1 Å². The molecule has 3 aromatic rings. The van der Waals surface area contributed by atoms with E-state index in [0.717, 1.165) is 29.7 Å². The van der Waals surface area contributed by atoms with Gasteiger partial charge in [0.05, 0.1) is 11.2 Å². The lowest BCUT2D eigenvalue weighted by atomic mass is 9.93. The molecule has 1 aromatic heterocycles. The zero-order valence-electron chi connectivity index (χ0n) is 26.6. The molecule has 11 heteroatoms. The number of amides is 3. The van der Waals surface area contributed by atoms with E-state index >= 15 is 0 Å². The van der Waals surface area contributed by atoms with E-state index in [4.69, 9.17) is 14.3 Å². The lowest BCUT2D eigenvalue weighted by Crippen LogP contribution is -2.65. The van der Waals surface area contributed by atoms with Gasteiger partial charge >= 0.3 is 6.09 Å². The number of carbonyl (C=O) groups is 3. The number of aromatic nitrogens is 2. The molecular formula is C34H41N5O6. The summed E-state index contributed by atoms with van der Waals surface area (Å²) in [6, 6.07) is 15.3. The molecule has 3 N–H and O–H groups in total. The fourth-order valence-corrected chi connectivity index (χ4v) is 4.64. The summed E-state index contributed by atoms with van der Waals surface area (Å²) in [5, 5.41) is 9.65. The lowest BCUT2D eigenvalue weighted by Gasteiger charge is -2.35. The van der Waals surface area contributed by atoms with Crippen molar-refractivity contribution in [3.63, 3.8) is 0 Å². The topological polar surface area (TPSA) is 133 Å². The van der Waals surface area contributed by atoms with E-state index in [1.165, 1.54) is 0 Å². The molecule has 4 rings (SSSR count). The van der Waals surface area contributed by atoms with Crippen molar-refractivity contribution in [2.24, 2.45) is 7.05 Å². The first-order chi connectivity index (χ1) is 21.3. The first-order valence-electron chi connectivity index (χ1n) is 14.9. The Morgan fingerprint density at radius 2 is 1.60 bits per heavy atom. The van der Waals surface area contributed by atoms with Gasteiger partial charge in [-0.2, -0.15) is 5.10 Å². The molecule has 0 aliphatic carbocycles. The van der Waals surface area contributed by atoms with Crippen LogP contribution in [0.2, 0.25) is 0 Å². The van der Waals surface area contributed by atoms with Crippen LogP contribution in [0.25, 0.3) is 11.3 Å². The molecule has 0 spiro atoms. The number of aryl methyl sites for hydroxylation is 1. The quantitative estimate of drug-likeness (QED) is 0.252. The fourth-order valence-electron chi connectivity index (χ4n) is 4.64. The van der Waals surface area contributed by atoms with Crippen LogP contribution in [0.3, 0.4) is 0 Å². The Bertz CT molecular complexity index is 1540. The number of nitrogens with one attached hydrogen (secondary N) is 3. The van der Waals surface area contributed by atoms with Crippen LogP contribution in [0.4, 0.5) is 4.79 Å². The highest BCUT2D eigenvalue weighted by Gasteiger charge is 2.39. The van der Waals surface area contributed by atoms with Crippen molar-refractivity contribution in [3.8, 4) is 23.1 Å². The molecule has 1 fully saturated rings. The smallest absolute Gasteiger partial charge is 0.408 e. The minimum Gasteiger partial charge on any atom is -0.444 e. The summed E-state index contributed by atoms with van der Waals surface area (Å²) in [5.74, 6) is 5.07. The Hall–Kier alpha value is -4.66. The molecule has 1 saturated heterocycles. The third kappa shape index (κ3) is 9.66. The standard InChI is InChI=1S/C34H41N5O6/c1-33(2,3)44-32(42)37-34(4,5)29(31(41)38-45-28-9-7-8-22-43-28)36-30(40)26-18-14-24(15-19-26)11-10-23-12-16-25(17-13-23)27-20-21-35-39(27)6/h12-21,28-29H,7-9,22H2,1-6H3,(H,36,40)(H,37,42)(H,38,41)/t28?,29-/m1/s1. The van der Waals surface area contributed by atoms with E-state index in [1.807, 2.05) is 42.1 Å². The van der Waals surface area contributed by atoms with Crippen LogP contribution in [-0.2, 0) is 26.2 Å². The number of rotatable bonds is 8. The molecule has 1 unspecified atom stereocenters. The van der Waals surface area contributed by atoms with Crippen LogP contribution in [0.15, 0.2) is 60.8 Å². The predicted molar refractivity (Wildman–Crippen MR) is 169 cm³/mol. The lowest BCUT2D eigenvalue weighted by molar-refractivity contribution is -0.201. The molecular weight excluding hydrogens is 574 g/mol. The summed E-state index contributed by atoms with van der Waals surface area (Å²) in [7, 11) is 1.89. The largest absolute Gasteiger partial charge is 0.444 e. The molecule has 1 aliphatic heterocycles. The average Bonchev–Trinajstić information content (AvgIpc) is 3.42. The maximum atomic E-state index is 13.3. The number of hydrogen-bond donors (Lipinski definition) is 3. The van der Waals surface area contributed by atoms with Gasteiger partial charge in [0, 0.05) is 43.0 Å². The van der Waals surface area contributed by atoms with Gasteiger partial charge < -0.3 is 20.1 Å². The fraction of sp³-hybridized carbons (Fsp3) is 0.412. The molecule has 2 heterocycles. The van der Waals surface area contributed by atoms with Gasteiger partial charge in [0.15, 0.2) is 6.29 Å². The molecule has 3 amide bonds. The van der Waals surface area contributed by atoms with Gasteiger partial charge in [0.1, 0.15) is 11.6 Å². The van der Waals surface area contributed by atoms with E-state index in [2.05, 4.69) is 33.1 Å². The number of carbonyl (C=O) groups excluding carboxylic acids is 3. The molecule has 11 nitrogen and oxygen atoms in total. The molecule has 238 valence electrons. The highest BCUT2D eigenvalue weighted by Crippen LogP contribution is 2.19. The Kier molecular flexibility index (Phi) is 10.6. The van der Waals surface area contributed by atoms with Gasteiger partial charge in [-0.3, -0.25) is 14.3 Å². The highest BCUT2D eigenvalue weighted by molar-refractivity contribution is 5.98. The number of alkyl carbamates (subject to hydrolysis) is 1. The third-order valence-corrected chi connectivity index (χ3v) is 7.01. The van der Waals surface area contributed by atoms with Crippen molar-refractivity contribution in [1.29, 1.82) is 0 Å². The Morgan fingerprint density at radius 3 is 2.16 bits per heavy atom. The van der Waals surface area contributed by atoms with Crippen molar-refractivity contribution >= 4 is 17.9 Å². The summed E-state index contributed by atoms with van der Waals surface area (Å²) in [6.45, 7) is 8.96. The second kappa shape index (κ2) is 14.4. The molecule has 2 atom stereocenters. The Balaban J connectivity index is 1.44. The van der Waals surface area contributed by atoms with Crippen LogP contribution in [0.5, 0.6) is 0 Å². The van der Waals surface area contributed by atoms with Gasteiger partial charge in [-0.05, 0) is 95.5 Å². The number of nitrogens with zero attached hydrogens (tertiary/aromatic N) is 2. The number of hydrogen-bond acceptors (Lipinski definition) is 7. The maximum Gasteiger partial charge on any atom is 0.408 e. The molecule has 0 radical (unpaired) electrons. The predicted octanol–water partition coefficient (Wildman–Crippen LogP) is 4.46. The molecule has 45 heavy (non-hydrogen) atoms. The number of hydroxylamine groups is 1. The summed E-state index contributed by atoms with van der Waals surface area (Å²) in [6.07, 6.45) is 2.89. The van der Waals surface area contributed by atoms with Gasteiger partial charge in [0.25, 0.3) is 11.8 Å². The molecule has 0 saturated carbocycles. The molecule has 2 aromatic carbocycles. The van der Waals surface area contributed by atoms with Crippen LogP contribution in [-0.4, -0.2) is 57.8 Å². The zero-order valence-corrected chi connectivity index (χ0v) is 26.6. The Morgan fingerprint density at radius 1 is 0.956 bits per heavy atom. The van der Waals surface area contributed by atoms with Gasteiger partial charge in [-0.25, -0.2) is 15.1 Å². The second-order valence-corrected chi connectivity index (χ2v) is 12.4. The van der Waals surface area contributed by atoms with Crippen molar-refractivity contribution in [1.82, 2.24) is 25.9 Å². The van der Waals surface area contributed by atoms with Crippen LogP contribution >= 0.6 is 0 Å². The SMILES string of the molecule is Cn1nccc1-c1ccc(C#Cc2ccc(C(=O)N[C@H](C(=O)NOC3CCCCO3)C(C)(C)NC(=O)OC(C)(C)C)cc2)cc1. The van der Waals surface area contributed by atoms with Crippen LogP contribution < -0.4 is 16.1 Å². The van der Waals surface area contributed by atoms with Crippen molar-refractivity contribution in [2.75, 3.05) is 6.61 Å². The minimum absolute atomic E-state index is 0.309. The monoisotopic (exact) mass is 615 g/mol. The van der Waals surface area contributed by atoms with Crippen molar-refractivity contribution < 1.29 is 28.7 Å². The van der Waals surface area contributed by atoms with Crippen molar-refractivity contribution in [3.05, 3.63) is 77.5 Å². The van der Waals surface area contributed by atoms with E-state index < -0.39 is 41.4 Å². The van der Waals surface area contributed by atoms with E-state index in [9.17, 15) is 14.4 Å². The van der Waals surface area contributed by atoms with Crippen LogP contribution in [0, 0.1) is 11.8 Å². The summed E-state index contributed by atoms with van der Waals surface area (Å²) in [4.78, 5) is 44.7. The minimum atomic E-state index is -1.27. The van der Waals surface area contributed by atoms with E-state index in [0.29, 0.717) is 24.2 Å². The zero-order chi connectivity index (χ0) is 32.6. The number of benzene rings is 2. The van der Waals surface area contributed by atoms with E-state index in [-0.39, 0.29) is 0 Å². The average molecular weight is 616 g/mol. The maximum absolute atomic E-state index is 13.3. The molecule has 1 aliphatic rings. The summed E-state index contributed by atoms with van der Waals surface area (Å²) >= 11 is 0. The van der Waals surface area contributed by atoms with Gasteiger partial charge in [0.2, 0.25) is 0 Å². The molecule has 0 bridgehead atoms. The van der Waals surface area contributed by atoms with Gasteiger partial charge in [-0.1, -0.05) is 24.0 Å². The first-order valence-corrected chi connectivity index (χ1v) is 14.9. The van der Waals surface area contributed by atoms with Gasteiger partial charge in [-0.15, -0.1) is 0 Å². The summed E-state index contributed by atoms with van der Waals surface area (Å²) in [5.41, 5.74) is 4.30. The van der Waals surface area contributed by atoms with Crippen LogP contribution in [0.1, 0.15) is 75.4 Å². The highest BCUT2D eigenvalue weighted by atomic mass is 16.8. The summed E-state index contributed by atoms with van der Waals surface area (Å²) < 4.78 is 12.7. The Labute approximate surface area is 264 Å². The number of ether oxygens (including phenoxy) is 2.